The minimum Gasteiger partial charge on any atom is -0.306 e. The number of hydrogen-bond acceptors (Lipinski definition) is 3. The summed E-state index contributed by atoms with van der Waals surface area (Å²) in [5.41, 5.74) is -1.59. The fourth-order valence-electron chi connectivity index (χ4n) is 1.91. The molecule has 0 radical (unpaired) electrons. The Kier molecular flexibility index (Phi) is 3.64. The highest BCUT2D eigenvalue weighted by Gasteiger charge is 2.42. The SMILES string of the molecule is O=C1CC(S(=O)(=O)F)CN1c1c(F)c(F)c(F)c(F)c1F. The Balaban J connectivity index is 2.56. The third-order valence-corrected chi connectivity index (χ3v) is 4.06. The van der Waals surface area contributed by atoms with Gasteiger partial charge in [0.25, 0.3) is 0 Å². The van der Waals surface area contributed by atoms with Crippen LogP contribution in [0.25, 0.3) is 0 Å². The Bertz CT molecular complexity index is 706. The normalized spacial score (nSPS) is 19.4. The van der Waals surface area contributed by atoms with E-state index in [-0.39, 0.29) is 4.90 Å². The molecule has 2 rings (SSSR count). The van der Waals surface area contributed by atoms with Gasteiger partial charge < -0.3 is 4.90 Å². The van der Waals surface area contributed by atoms with Crippen molar-refractivity contribution in [1.29, 1.82) is 0 Å². The van der Waals surface area contributed by atoms with Crippen LogP contribution in [0.4, 0.5) is 31.5 Å². The van der Waals surface area contributed by atoms with Gasteiger partial charge in [-0.15, -0.1) is 3.89 Å². The van der Waals surface area contributed by atoms with Crippen LogP contribution in [0.2, 0.25) is 0 Å². The molecule has 1 aliphatic rings. The van der Waals surface area contributed by atoms with Crippen molar-refractivity contribution in [2.45, 2.75) is 11.7 Å². The fraction of sp³-hybridized carbons (Fsp3) is 0.300. The molecule has 0 N–H and O–H groups in total. The molecule has 1 aromatic carbocycles. The van der Waals surface area contributed by atoms with Crippen LogP contribution in [0.5, 0.6) is 0 Å². The van der Waals surface area contributed by atoms with E-state index in [0.717, 1.165) is 0 Å². The molecule has 1 unspecified atom stereocenters. The van der Waals surface area contributed by atoms with Crippen LogP contribution >= 0.6 is 0 Å². The number of hydrogen-bond donors (Lipinski definition) is 0. The van der Waals surface area contributed by atoms with E-state index in [0.29, 0.717) is 0 Å². The van der Waals surface area contributed by atoms with Gasteiger partial charge >= 0.3 is 10.2 Å². The number of carbonyl (C=O) groups is 1. The molecule has 1 atom stereocenters. The second-order valence-corrected chi connectivity index (χ2v) is 5.84. The predicted molar refractivity (Wildman–Crippen MR) is 57.0 cm³/mol. The van der Waals surface area contributed by atoms with Gasteiger partial charge in [0.05, 0.1) is 0 Å². The summed E-state index contributed by atoms with van der Waals surface area (Å²) >= 11 is 0. The Morgan fingerprint density at radius 1 is 0.905 bits per heavy atom. The number of rotatable bonds is 2. The van der Waals surface area contributed by atoms with Crippen LogP contribution < -0.4 is 4.90 Å². The summed E-state index contributed by atoms with van der Waals surface area (Å²) in [6.07, 6.45) is -0.960. The van der Waals surface area contributed by atoms with Crippen LogP contribution in [0.15, 0.2) is 0 Å². The number of halogens is 6. The lowest BCUT2D eigenvalue weighted by atomic mass is 10.2. The van der Waals surface area contributed by atoms with Crippen LogP contribution in [0.3, 0.4) is 0 Å². The zero-order valence-electron chi connectivity index (χ0n) is 9.84. The lowest BCUT2D eigenvalue weighted by molar-refractivity contribution is -0.117. The van der Waals surface area contributed by atoms with E-state index in [1.165, 1.54) is 0 Å². The van der Waals surface area contributed by atoms with E-state index in [4.69, 9.17) is 0 Å². The van der Waals surface area contributed by atoms with Gasteiger partial charge in [0.15, 0.2) is 23.3 Å². The molecule has 1 aromatic rings. The summed E-state index contributed by atoms with van der Waals surface area (Å²) in [6.45, 7) is -1.05. The van der Waals surface area contributed by atoms with Crippen LogP contribution in [0, 0.1) is 29.1 Å². The zero-order chi connectivity index (χ0) is 16.1. The molecule has 1 fully saturated rings. The third-order valence-electron chi connectivity index (χ3n) is 2.94. The molecular formula is C10H5F6NO3S. The highest BCUT2D eigenvalue weighted by Crippen LogP contribution is 2.34. The van der Waals surface area contributed by atoms with Crippen molar-refractivity contribution in [2.75, 3.05) is 11.4 Å². The van der Waals surface area contributed by atoms with Gasteiger partial charge in [-0.1, -0.05) is 0 Å². The molecule has 11 heteroatoms. The first-order chi connectivity index (χ1) is 9.55. The van der Waals surface area contributed by atoms with Gasteiger partial charge in [0.1, 0.15) is 10.9 Å². The number of benzene rings is 1. The summed E-state index contributed by atoms with van der Waals surface area (Å²) in [4.78, 5) is 11.5. The molecule has 0 spiro atoms. The summed E-state index contributed by atoms with van der Waals surface area (Å²) in [7, 11) is -5.20. The molecule has 1 aliphatic heterocycles. The molecule has 0 saturated carbocycles. The van der Waals surface area contributed by atoms with Gasteiger partial charge in [-0.3, -0.25) is 4.79 Å². The maximum Gasteiger partial charge on any atom is 0.307 e. The number of amides is 1. The monoisotopic (exact) mass is 333 g/mol. The minimum absolute atomic E-state index is 0.0259. The second kappa shape index (κ2) is 4.90. The van der Waals surface area contributed by atoms with Crippen molar-refractivity contribution in [3.63, 3.8) is 0 Å². The van der Waals surface area contributed by atoms with Crippen molar-refractivity contribution >= 4 is 21.8 Å². The van der Waals surface area contributed by atoms with Gasteiger partial charge in [0, 0.05) is 13.0 Å². The first-order valence-electron chi connectivity index (χ1n) is 5.31. The summed E-state index contributed by atoms with van der Waals surface area (Å²) in [5, 5.41) is -1.93. The largest absolute Gasteiger partial charge is 0.307 e. The van der Waals surface area contributed by atoms with Crippen molar-refractivity contribution in [3.05, 3.63) is 29.1 Å². The van der Waals surface area contributed by atoms with E-state index in [2.05, 4.69) is 0 Å². The maximum atomic E-state index is 13.5. The lowest BCUT2D eigenvalue weighted by Crippen LogP contribution is -2.29. The second-order valence-electron chi connectivity index (χ2n) is 4.22. The molecule has 1 amide bonds. The van der Waals surface area contributed by atoms with Crippen molar-refractivity contribution < 1.29 is 39.1 Å². The molecular weight excluding hydrogens is 328 g/mol. The summed E-state index contributed by atoms with van der Waals surface area (Å²) in [6, 6.07) is 0. The predicted octanol–water partition coefficient (Wildman–Crippen LogP) is 1.79. The standard InChI is InChI=1S/C10H5F6NO3S/c11-5-6(12)8(14)10(9(15)7(5)13)17-2-3(1-4(17)18)21(16,19)20/h3H,1-2H2. The molecule has 116 valence electrons. The topological polar surface area (TPSA) is 54.5 Å². The smallest absolute Gasteiger partial charge is 0.306 e. The first-order valence-corrected chi connectivity index (χ1v) is 6.75. The Labute approximate surface area is 114 Å². The summed E-state index contributed by atoms with van der Waals surface area (Å²) in [5.74, 6) is -12.9. The molecule has 1 heterocycles. The maximum absolute atomic E-state index is 13.5. The number of anilines is 1. The van der Waals surface area contributed by atoms with Crippen LogP contribution in [0.1, 0.15) is 6.42 Å². The van der Waals surface area contributed by atoms with E-state index in [1.54, 1.807) is 0 Å². The number of carbonyl (C=O) groups excluding carboxylic acids is 1. The fourth-order valence-corrected chi connectivity index (χ4v) is 2.58. The van der Waals surface area contributed by atoms with E-state index >= 15 is 0 Å². The molecule has 0 bridgehead atoms. The minimum atomic E-state index is -5.20. The number of nitrogens with zero attached hydrogens (tertiary/aromatic N) is 1. The van der Waals surface area contributed by atoms with Gasteiger partial charge in [-0.05, 0) is 0 Å². The summed E-state index contributed by atoms with van der Waals surface area (Å²) < 4.78 is 100. The molecule has 21 heavy (non-hydrogen) atoms. The van der Waals surface area contributed by atoms with Gasteiger partial charge in [0.2, 0.25) is 11.7 Å². The van der Waals surface area contributed by atoms with Crippen molar-refractivity contribution in [2.24, 2.45) is 0 Å². The van der Waals surface area contributed by atoms with E-state index in [1.807, 2.05) is 0 Å². The van der Waals surface area contributed by atoms with Crippen molar-refractivity contribution in [1.82, 2.24) is 0 Å². The third kappa shape index (κ3) is 2.45. The zero-order valence-corrected chi connectivity index (χ0v) is 10.7. The van der Waals surface area contributed by atoms with E-state index < -0.39 is 69.1 Å². The van der Waals surface area contributed by atoms with Gasteiger partial charge in [-0.2, -0.15) is 8.42 Å². The molecule has 0 aromatic heterocycles. The average Bonchev–Trinajstić information content (AvgIpc) is 2.77. The lowest BCUT2D eigenvalue weighted by Gasteiger charge is -2.18. The van der Waals surface area contributed by atoms with Gasteiger partial charge in [-0.25, -0.2) is 22.0 Å². The Morgan fingerprint density at radius 3 is 1.71 bits per heavy atom. The molecule has 4 nitrogen and oxygen atoms in total. The highest BCUT2D eigenvalue weighted by atomic mass is 32.3. The average molecular weight is 333 g/mol. The Morgan fingerprint density at radius 2 is 1.33 bits per heavy atom. The van der Waals surface area contributed by atoms with Crippen LogP contribution in [-0.2, 0) is 15.0 Å². The highest BCUT2D eigenvalue weighted by molar-refractivity contribution is 7.87. The first kappa shape index (κ1) is 15.6. The quantitative estimate of drug-likeness (QED) is 0.359. The van der Waals surface area contributed by atoms with Crippen LogP contribution in [-0.4, -0.2) is 26.1 Å². The van der Waals surface area contributed by atoms with Crippen molar-refractivity contribution in [3.8, 4) is 0 Å². The molecule has 1 saturated heterocycles. The molecule has 0 aliphatic carbocycles. The van der Waals surface area contributed by atoms with E-state index in [9.17, 15) is 39.1 Å². The Hall–Kier alpha value is -1.78.